The predicted octanol–water partition coefficient (Wildman–Crippen LogP) is 1.15. The first-order chi connectivity index (χ1) is 13.3. The Bertz CT molecular complexity index is 930. The Kier molecular flexibility index (Phi) is 5.82. The van der Waals surface area contributed by atoms with E-state index >= 15 is 0 Å². The van der Waals surface area contributed by atoms with Gasteiger partial charge in [-0.05, 0) is 50.2 Å². The number of hydrogen-bond donors (Lipinski definition) is 2. The van der Waals surface area contributed by atoms with Gasteiger partial charge in [0.15, 0.2) is 5.76 Å². The molecule has 10 heteroatoms. The molecule has 1 aromatic carbocycles. The van der Waals surface area contributed by atoms with Crippen molar-refractivity contribution in [2.75, 3.05) is 13.1 Å². The third kappa shape index (κ3) is 4.41. The third-order valence-electron chi connectivity index (χ3n) is 4.17. The first kappa shape index (κ1) is 20.1. The van der Waals surface area contributed by atoms with E-state index < -0.39 is 21.8 Å². The fraction of sp³-hybridized carbons (Fsp3) is 0.333. The zero-order valence-electron chi connectivity index (χ0n) is 15.4. The van der Waals surface area contributed by atoms with Crippen LogP contribution < -0.4 is 10.9 Å². The summed E-state index contributed by atoms with van der Waals surface area (Å²) in [4.78, 5) is 24.0. The van der Waals surface area contributed by atoms with E-state index in [1.807, 2.05) is 13.8 Å². The zero-order chi connectivity index (χ0) is 20.3. The molecule has 1 saturated heterocycles. The van der Waals surface area contributed by atoms with E-state index in [9.17, 15) is 18.0 Å². The van der Waals surface area contributed by atoms with Gasteiger partial charge in [0.25, 0.3) is 5.91 Å². The molecule has 0 radical (unpaired) electrons. The number of benzene rings is 1. The van der Waals surface area contributed by atoms with E-state index in [-0.39, 0.29) is 41.5 Å². The number of nitrogens with zero attached hydrogens (tertiary/aromatic N) is 1. The molecule has 0 unspecified atom stereocenters. The van der Waals surface area contributed by atoms with Gasteiger partial charge in [-0.2, -0.15) is 4.31 Å². The summed E-state index contributed by atoms with van der Waals surface area (Å²) in [5.41, 5.74) is 4.66. The molecule has 150 valence electrons. The Morgan fingerprint density at radius 3 is 2.18 bits per heavy atom. The molecule has 1 aromatic heterocycles. The van der Waals surface area contributed by atoms with Crippen LogP contribution >= 0.6 is 0 Å². The average molecular weight is 407 g/mol. The van der Waals surface area contributed by atoms with Gasteiger partial charge in [-0.3, -0.25) is 20.4 Å². The van der Waals surface area contributed by atoms with Crippen molar-refractivity contribution in [3.8, 4) is 0 Å². The highest BCUT2D eigenvalue weighted by molar-refractivity contribution is 7.89. The maximum atomic E-state index is 12.8. The molecule has 0 bridgehead atoms. The number of nitrogens with one attached hydrogen (secondary N) is 2. The van der Waals surface area contributed by atoms with Crippen molar-refractivity contribution in [3.05, 3.63) is 54.0 Å². The molecule has 2 N–H and O–H groups in total. The average Bonchev–Trinajstić information content (AvgIpc) is 3.20. The Labute approximate surface area is 162 Å². The fourth-order valence-corrected chi connectivity index (χ4v) is 4.50. The lowest BCUT2D eigenvalue weighted by Crippen LogP contribution is -2.48. The van der Waals surface area contributed by atoms with Crippen molar-refractivity contribution < 1.29 is 27.2 Å². The van der Waals surface area contributed by atoms with E-state index in [2.05, 4.69) is 10.9 Å². The van der Waals surface area contributed by atoms with E-state index in [1.54, 1.807) is 6.07 Å². The monoisotopic (exact) mass is 407 g/mol. The molecular formula is C18H21N3O6S. The van der Waals surface area contributed by atoms with Crippen LogP contribution in [-0.4, -0.2) is 49.8 Å². The first-order valence-electron chi connectivity index (χ1n) is 8.67. The number of furan rings is 1. The summed E-state index contributed by atoms with van der Waals surface area (Å²) in [6, 6.07) is 8.50. The summed E-state index contributed by atoms with van der Waals surface area (Å²) >= 11 is 0. The largest absolute Gasteiger partial charge is 0.459 e. The minimum absolute atomic E-state index is 0.0516. The van der Waals surface area contributed by atoms with Crippen molar-refractivity contribution in [2.24, 2.45) is 0 Å². The van der Waals surface area contributed by atoms with Gasteiger partial charge < -0.3 is 9.15 Å². The van der Waals surface area contributed by atoms with E-state index in [0.29, 0.717) is 0 Å². The van der Waals surface area contributed by atoms with Gasteiger partial charge in [0.1, 0.15) is 0 Å². The molecule has 28 heavy (non-hydrogen) atoms. The molecule has 2 heterocycles. The number of hydrazine groups is 1. The fourth-order valence-electron chi connectivity index (χ4n) is 2.91. The third-order valence-corrected chi connectivity index (χ3v) is 6.02. The summed E-state index contributed by atoms with van der Waals surface area (Å²) in [5, 5.41) is 0. The lowest BCUT2D eigenvalue weighted by Gasteiger charge is -2.34. The Hall–Kier alpha value is -2.69. The van der Waals surface area contributed by atoms with Gasteiger partial charge in [-0.1, -0.05) is 0 Å². The normalized spacial score (nSPS) is 20.5. The van der Waals surface area contributed by atoms with Crippen molar-refractivity contribution in [2.45, 2.75) is 31.0 Å². The van der Waals surface area contributed by atoms with Crippen LogP contribution in [0.4, 0.5) is 0 Å². The molecule has 0 spiro atoms. The SMILES string of the molecule is C[C@@H]1CN(S(=O)(=O)c2ccc(C(=O)NNC(=O)c3ccco3)cc2)C[C@H](C)O1. The number of carbonyl (C=O) groups excluding carboxylic acids is 2. The highest BCUT2D eigenvalue weighted by Gasteiger charge is 2.32. The second-order valence-electron chi connectivity index (χ2n) is 6.49. The molecule has 0 aliphatic carbocycles. The molecule has 9 nitrogen and oxygen atoms in total. The van der Waals surface area contributed by atoms with Crippen LogP contribution in [0, 0.1) is 0 Å². The number of hydrogen-bond acceptors (Lipinski definition) is 6. The summed E-state index contributed by atoms with van der Waals surface area (Å²) in [6.45, 7) is 4.19. The van der Waals surface area contributed by atoms with Crippen molar-refractivity contribution in [1.82, 2.24) is 15.2 Å². The van der Waals surface area contributed by atoms with Gasteiger partial charge in [-0.15, -0.1) is 0 Å². The van der Waals surface area contributed by atoms with Crippen LogP contribution in [-0.2, 0) is 14.8 Å². The van der Waals surface area contributed by atoms with Gasteiger partial charge >= 0.3 is 5.91 Å². The van der Waals surface area contributed by atoms with Crippen LogP contribution in [0.1, 0.15) is 34.8 Å². The number of sulfonamides is 1. The number of amides is 2. The van der Waals surface area contributed by atoms with Crippen molar-refractivity contribution in [3.63, 3.8) is 0 Å². The van der Waals surface area contributed by atoms with Gasteiger partial charge in [0.05, 0.1) is 23.4 Å². The molecule has 2 amide bonds. The van der Waals surface area contributed by atoms with Crippen LogP contribution in [0.5, 0.6) is 0 Å². The number of rotatable bonds is 4. The zero-order valence-corrected chi connectivity index (χ0v) is 16.2. The minimum Gasteiger partial charge on any atom is -0.459 e. The van der Waals surface area contributed by atoms with Gasteiger partial charge in [0.2, 0.25) is 10.0 Å². The summed E-state index contributed by atoms with van der Waals surface area (Å²) in [6.07, 6.45) is 0.953. The van der Waals surface area contributed by atoms with E-state index in [0.717, 1.165) is 0 Å². The topological polar surface area (TPSA) is 118 Å². The first-order valence-corrected chi connectivity index (χ1v) is 10.1. The molecule has 1 aliphatic rings. The van der Waals surface area contributed by atoms with Crippen LogP contribution in [0.15, 0.2) is 52.0 Å². The van der Waals surface area contributed by atoms with Gasteiger partial charge in [-0.25, -0.2) is 8.42 Å². The second kappa shape index (κ2) is 8.13. The van der Waals surface area contributed by atoms with Gasteiger partial charge in [0, 0.05) is 18.7 Å². The smallest absolute Gasteiger partial charge is 0.305 e. The van der Waals surface area contributed by atoms with E-state index in [4.69, 9.17) is 9.15 Å². The highest BCUT2D eigenvalue weighted by atomic mass is 32.2. The summed E-state index contributed by atoms with van der Waals surface area (Å²) < 4.78 is 37.5. The summed E-state index contributed by atoms with van der Waals surface area (Å²) in [7, 11) is -3.69. The molecular weight excluding hydrogens is 386 g/mol. The summed E-state index contributed by atoms with van der Waals surface area (Å²) in [5.74, 6) is -1.14. The maximum absolute atomic E-state index is 12.8. The lowest BCUT2D eigenvalue weighted by atomic mass is 10.2. The molecule has 3 rings (SSSR count). The maximum Gasteiger partial charge on any atom is 0.305 e. The minimum atomic E-state index is -3.69. The Morgan fingerprint density at radius 2 is 1.61 bits per heavy atom. The predicted molar refractivity (Wildman–Crippen MR) is 98.9 cm³/mol. The molecule has 2 aromatic rings. The highest BCUT2D eigenvalue weighted by Crippen LogP contribution is 2.21. The number of ether oxygens (including phenoxy) is 1. The lowest BCUT2D eigenvalue weighted by molar-refractivity contribution is -0.0440. The standard InChI is InChI=1S/C18H21N3O6S/c1-12-10-21(11-13(2)27-12)28(24,25)15-7-5-14(6-8-15)17(22)19-20-18(23)16-4-3-9-26-16/h3-9,12-13H,10-11H2,1-2H3,(H,19,22)(H,20,23)/t12-,13+. The Morgan fingerprint density at radius 1 is 1.00 bits per heavy atom. The molecule has 1 fully saturated rings. The van der Waals surface area contributed by atoms with Crippen LogP contribution in [0.25, 0.3) is 0 Å². The van der Waals surface area contributed by atoms with Crippen molar-refractivity contribution in [1.29, 1.82) is 0 Å². The Balaban J connectivity index is 1.65. The van der Waals surface area contributed by atoms with Crippen LogP contribution in [0.2, 0.25) is 0 Å². The quantitative estimate of drug-likeness (QED) is 0.734. The number of carbonyl (C=O) groups is 2. The second-order valence-corrected chi connectivity index (χ2v) is 8.43. The molecule has 1 aliphatic heterocycles. The molecule has 2 atom stereocenters. The number of morpholine rings is 1. The van der Waals surface area contributed by atoms with Crippen LogP contribution in [0.3, 0.4) is 0 Å². The molecule has 0 saturated carbocycles. The van der Waals surface area contributed by atoms with E-state index in [1.165, 1.54) is 40.9 Å². The van der Waals surface area contributed by atoms with Crippen molar-refractivity contribution >= 4 is 21.8 Å².